The van der Waals surface area contributed by atoms with Crippen molar-refractivity contribution >= 4 is 23.6 Å². The highest BCUT2D eigenvalue weighted by atomic mass is 16.6. The van der Waals surface area contributed by atoms with Crippen molar-refractivity contribution in [2.75, 3.05) is 93.5 Å². The first-order chi connectivity index (χ1) is 58.7. The number of aromatic nitrogens is 5. The third-order valence-corrected chi connectivity index (χ3v) is 24.9. The lowest BCUT2D eigenvalue weighted by atomic mass is 9.80. The Morgan fingerprint density at radius 3 is 1.19 bits per heavy atom. The first-order valence-corrected chi connectivity index (χ1v) is 43.6. The number of aryl methyl sites for hydroxylation is 2. The van der Waals surface area contributed by atoms with E-state index in [-0.39, 0.29) is 101 Å². The van der Waals surface area contributed by atoms with E-state index in [1.54, 1.807) is 69.1 Å². The average molecular weight is 1660 g/mol. The number of methoxy groups -OCH3 is 3. The number of pyridine rings is 5. The van der Waals surface area contributed by atoms with Gasteiger partial charge in [-0.15, -0.1) is 0 Å². The molecule has 8 aliphatic rings. The second kappa shape index (κ2) is 42.0. The van der Waals surface area contributed by atoms with Gasteiger partial charge in [0, 0.05) is 161 Å². The summed E-state index contributed by atoms with van der Waals surface area (Å²) in [7, 11) is 4.86. The number of carbonyl (C=O) groups is 4. The Bertz CT molecular complexity index is 4620. The number of ether oxygens (including phenoxy) is 11. The Labute approximate surface area is 714 Å². The summed E-state index contributed by atoms with van der Waals surface area (Å²) >= 11 is 0. The van der Waals surface area contributed by atoms with E-state index in [4.69, 9.17) is 52.1 Å². The molecule has 4 amide bonds. The van der Waals surface area contributed by atoms with E-state index in [2.05, 4.69) is 111 Å². The SMILES string of the molecule is CCOC1CC(c2ccccc2)OC2(CCN(C(=O)c3cccc(C)n3)CC2)C1.CCOC1CC(c2ccccc2)OC2(CCN(C(=O)c3cccc(OC)n3)CC2)C1.CCOC1CC(c2ccccc2)OC2(CCN(C(=O)c3cccnc3OC)CC2)C1.COC1CC(c2cccnc2)OC2(CCN(C(=O)c3ccc(OC(C)C)c(C)n3)CC2)C1. The fraction of sp³-hybridized carbons (Fsp3) is 0.515. The minimum atomic E-state index is -0.283. The van der Waals surface area contributed by atoms with Crippen molar-refractivity contribution in [1.82, 2.24) is 44.5 Å². The molecular weight excluding hydrogens is 1530 g/mol. The third kappa shape index (κ3) is 23.0. The topological polar surface area (TPSA) is 247 Å². The van der Waals surface area contributed by atoms with Crippen LogP contribution in [0.1, 0.15) is 237 Å². The van der Waals surface area contributed by atoms with Crippen molar-refractivity contribution in [3.8, 4) is 17.5 Å². The third-order valence-electron chi connectivity index (χ3n) is 24.9. The molecule has 121 heavy (non-hydrogen) atoms. The normalized spacial score (nSPS) is 23.3. The highest BCUT2D eigenvalue weighted by Gasteiger charge is 2.50. The van der Waals surface area contributed by atoms with Crippen molar-refractivity contribution < 1.29 is 71.3 Å². The molecule has 8 fully saturated rings. The number of carbonyl (C=O) groups excluding carboxylic acids is 4. The Balaban J connectivity index is 0.000000139. The van der Waals surface area contributed by atoms with Gasteiger partial charge in [-0.05, 0) is 171 Å². The number of likely N-dealkylation sites (tertiary alicyclic amines) is 4. The average Bonchev–Trinajstić information content (AvgIpc) is 0.792. The molecule has 8 aromatic rings. The summed E-state index contributed by atoms with van der Waals surface area (Å²) in [5.41, 5.74) is 7.17. The molecule has 8 unspecified atom stereocenters. The first-order valence-electron chi connectivity index (χ1n) is 43.6. The predicted octanol–water partition coefficient (Wildman–Crippen LogP) is 16.5. The van der Waals surface area contributed by atoms with E-state index in [1.807, 2.05) is 110 Å². The number of amides is 4. The van der Waals surface area contributed by atoms with Gasteiger partial charge in [-0.2, -0.15) is 0 Å². The van der Waals surface area contributed by atoms with Crippen LogP contribution in [0.3, 0.4) is 0 Å². The maximum Gasteiger partial charge on any atom is 0.272 e. The molecule has 0 radical (unpaired) electrons. The summed E-state index contributed by atoms with van der Waals surface area (Å²) in [5.74, 6) is 1.43. The summed E-state index contributed by atoms with van der Waals surface area (Å²) in [5, 5.41) is 0. The molecule has 13 heterocycles. The number of hydrogen-bond donors (Lipinski definition) is 0. The fourth-order valence-corrected chi connectivity index (χ4v) is 18.7. The van der Waals surface area contributed by atoms with Crippen molar-refractivity contribution in [2.45, 2.75) is 229 Å². The van der Waals surface area contributed by atoms with Gasteiger partial charge in [0.25, 0.3) is 23.6 Å². The zero-order valence-electron chi connectivity index (χ0n) is 72.3. The smallest absolute Gasteiger partial charge is 0.272 e. The largest absolute Gasteiger partial charge is 0.489 e. The summed E-state index contributed by atoms with van der Waals surface area (Å²) < 4.78 is 66.8. The molecule has 8 atom stereocenters. The van der Waals surface area contributed by atoms with Crippen LogP contribution in [0.25, 0.3) is 0 Å². The maximum absolute atomic E-state index is 13.1. The lowest BCUT2D eigenvalue weighted by Crippen LogP contribution is -2.52. The zero-order valence-corrected chi connectivity index (χ0v) is 72.3. The van der Waals surface area contributed by atoms with Gasteiger partial charge in [0.2, 0.25) is 11.8 Å². The highest BCUT2D eigenvalue weighted by Crippen LogP contribution is 2.49. The number of benzene rings is 3. The number of rotatable bonds is 19. The van der Waals surface area contributed by atoms with Crippen molar-refractivity contribution in [1.29, 1.82) is 0 Å². The van der Waals surface area contributed by atoms with Gasteiger partial charge >= 0.3 is 0 Å². The van der Waals surface area contributed by atoms with Crippen LogP contribution in [-0.2, 0) is 37.9 Å². The Morgan fingerprint density at radius 1 is 0.413 bits per heavy atom. The summed E-state index contributed by atoms with van der Waals surface area (Å²) in [6, 6.07) is 53.2. The van der Waals surface area contributed by atoms with Crippen LogP contribution >= 0.6 is 0 Å². The zero-order chi connectivity index (χ0) is 84.9. The summed E-state index contributed by atoms with van der Waals surface area (Å²) in [6.07, 6.45) is 19.5. The van der Waals surface area contributed by atoms with E-state index in [1.165, 1.54) is 23.8 Å². The monoisotopic (exact) mass is 1650 g/mol. The van der Waals surface area contributed by atoms with Crippen LogP contribution in [0.4, 0.5) is 0 Å². The van der Waals surface area contributed by atoms with Crippen LogP contribution in [0, 0.1) is 13.8 Å². The Hall–Kier alpha value is -9.63. The molecule has 0 bridgehead atoms. The molecule has 0 aliphatic carbocycles. The molecule has 646 valence electrons. The summed E-state index contributed by atoms with van der Waals surface area (Å²) in [6.45, 7) is 21.3. The van der Waals surface area contributed by atoms with E-state index in [9.17, 15) is 19.2 Å². The van der Waals surface area contributed by atoms with Crippen LogP contribution < -0.4 is 14.2 Å². The van der Waals surface area contributed by atoms with Crippen molar-refractivity contribution in [2.24, 2.45) is 0 Å². The molecule has 8 saturated heterocycles. The first kappa shape index (κ1) is 89.1. The van der Waals surface area contributed by atoms with Gasteiger partial charge in [-0.3, -0.25) is 24.2 Å². The minimum absolute atomic E-state index is 0.0142. The molecule has 8 aliphatic heterocycles. The molecule has 24 heteroatoms. The van der Waals surface area contributed by atoms with Crippen molar-refractivity contribution in [3.63, 3.8) is 0 Å². The van der Waals surface area contributed by atoms with E-state index >= 15 is 0 Å². The lowest BCUT2D eigenvalue weighted by molar-refractivity contribution is -0.191. The highest BCUT2D eigenvalue weighted by molar-refractivity contribution is 5.96. The molecule has 24 nitrogen and oxygen atoms in total. The predicted molar refractivity (Wildman–Crippen MR) is 460 cm³/mol. The molecule has 0 saturated carbocycles. The second-order valence-corrected chi connectivity index (χ2v) is 33.4. The molecule has 4 spiro atoms. The van der Waals surface area contributed by atoms with Crippen LogP contribution in [0.15, 0.2) is 182 Å². The Kier molecular flexibility index (Phi) is 30.9. The van der Waals surface area contributed by atoms with Gasteiger partial charge in [-0.1, -0.05) is 109 Å². The molecule has 3 aromatic carbocycles. The Morgan fingerprint density at radius 2 is 0.802 bits per heavy atom. The molecule has 16 rings (SSSR count). The summed E-state index contributed by atoms with van der Waals surface area (Å²) in [4.78, 5) is 81.1. The van der Waals surface area contributed by atoms with E-state index in [0.29, 0.717) is 107 Å². The van der Waals surface area contributed by atoms with Crippen LogP contribution in [0.5, 0.6) is 17.5 Å². The van der Waals surface area contributed by atoms with Crippen molar-refractivity contribution in [3.05, 3.63) is 239 Å². The fourth-order valence-electron chi connectivity index (χ4n) is 18.7. The number of nitrogens with zero attached hydrogens (tertiary/aromatic N) is 9. The number of hydrogen-bond acceptors (Lipinski definition) is 20. The maximum atomic E-state index is 13.1. The quantitative estimate of drug-likeness (QED) is 0.0730. The van der Waals surface area contributed by atoms with E-state index in [0.717, 1.165) is 125 Å². The van der Waals surface area contributed by atoms with Crippen LogP contribution in [-0.4, -0.2) is 215 Å². The van der Waals surface area contributed by atoms with Crippen LogP contribution in [0.2, 0.25) is 0 Å². The van der Waals surface area contributed by atoms with Gasteiger partial charge in [0.15, 0.2) is 0 Å². The molecule has 0 N–H and O–H groups in total. The van der Waals surface area contributed by atoms with Gasteiger partial charge in [0.05, 0.1) is 97.3 Å². The standard InChI is InChI=1S/C25H33N3O4.2C24H30N2O4.C24H30N2O3/c1-17(2)31-22-8-7-21(27-18(22)3)24(29)28-12-9-25(10-13-28)15-20(30-4)14-23(32-25)19-6-5-11-26-16-19;1-3-29-19-16-21(18-8-5-4-6-9-18)30-24(17-19)11-14-26(15-12-24)23(27)20-10-7-13-25-22(20)28-2;1-3-29-19-16-21(18-8-5-4-6-9-18)30-24(17-19)12-14-26(15-13-24)23(27)20-10-7-11-22(25-20)28-2;1-3-28-20-16-22(19-9-5-4-6-10-19)29-24(17-20)12-14-26(15-13-24)23(27)21-11-7-8-18(2)25-21/h5-8,11,16-17,20,23H,9-10,12-15H2,1-4H3;4-10,13,19,21H,3,11-12,14-17H2,1-2H3;4-11,19,21H,3,12-17H2,1-2H3;4-11,20,22H,3,12-17H2,1-2H3. The minimum Gasteiger partial charge on any atom is -0.489 e. The number of piperidine rings is 4. The molecule has 5 aromatic heterocycles. The van der Waals surface area contributed by atoms with E-state index < -0.39 is 0 Å². The van der Waals surface area contributed by atoms with Gasteiger partial charge in [-0.25, -0.2) is 19.9 Å². The van der Waals surface area contributed by atoms with Gasteiger partial charge < -0.3 is 71.7 Å². The lowest BCUT2D eigenvalue weighted by Gasteiger charge is -2.48. The van der Waals surface area contributed by atoms with Gasteiger partial charge in [0.1, 0.15) is 28.4 Å². The molecular formula is C97H123N9O15. The second-order valence-electron chi connectivity index (χ2n) is 33.4.